The minimum atomic E-state index is 0.366. The lowest BCUT2D eigenvalue weighted by molar-refractivity contribution is -0.165. The highest BCUT2D eigenvalue weighted by molar-refractivity contribution is 5.76. The normalized spacial score (nSPS) is 29.8. The number of hydrogen-bond donors (Lipinski definition) is 1. The summed E-state index contributed by atoms with van der Waals surface area (Å²) in [5.74, 6) is 0.366. The van der Waals surface area contributed by atoms with Crippen molar-refractivity contribution >= 4 is 5.91 Å². The molecule has 1 aliphatic carbocycles. The molecule has 0 aromatic rings. The van der Waals surface area contributed by atoms with Crippen molar-refractivity contribution in [3.05, 3.63) is 0 Å². The summed E-state index contributed by atoms with van der Waals surface area (Å²) in [6, 6.07) is 1.15. The zero-order valence-electron chi connectivity index (χ0n) is 9.82. The summed E-state index contributed by atoms with van der Waals surface area (Å²) >= 11 is 0. The minimum Gasteiger partial charge on any atom is -0.317 e. The predicted octanol–water partition coefficient (Wildman–Crippen LogP) is 0.740. The van der Waals surface area contributed by atoms with Crippen LogP contribution < -0.4 is 5.32 Å². The van der Waals surface area contributed by atoms with Crippen LogP contribution in [-0.2, 0) is 4.79 Å². The lowest BCUT2D eigenvalue weighted by Gasteiger charge is -2.45. The van der Waals surface area contributed by atoms with Gasteiger partial charge in [-0.15, -0.1) is 0 Å². The molecule has 16 heavy (non-hydrogen) atoms. The van der Waals surface area contributed by atoms with Crippen molar-refractivity contribution in [2.75, 3.05) is 19.6 Å². The largest absolute Gasteiger partial charge is 0.317 e. The summed E-state index contributed by atoms with van der Waals surface area (Å²) in [5.41, 5.74) is 0. The minimum absolute atomic E-state index is 0.366. The quantitative estimate of drug-likeness (QED) is 0.750. The van der Waals surface area contributed by atoms with Crippen molar-refractivity contribution in [3.8, 4) is 0 Å². The zero-order valence-corrected chi connectivity index (χ0v) is 9.82. The van der Waals surface area contributed by atoms with Crippen LogP contribution >= 0.6 is 0 Å². The van der Waals surface area contributed by atoms with Gasteiger partial charge in [-0.05, 0) is 45.2 Å². The Kier molecular flexibility index (Phi) is 2.86. The van der Waals surface area contributed by atoms with E-state index in [-0.39, 0.29) is 0 Å². The maximum Gasteiger partial charge on any atom is 0.237 e. The van der Waals surface area contributed by atoms with Gasteiger partial charge in [-0.3, -0.25) is 9.80 Å². The van der Waals surface area contributed by atoms with Gasteiger partial charge in [-0.25, -0.2) is 5.01 Å². The van der Waals surface area contributed by atoms with Crippen molar-refractivity contribution in [2.45, 2.75) is 50.6 Å². The molecule has 0 radical (unpaired) electrons. The molecule has 0 bridgehead atoms. The Labute approximate surface area is 96.9 Å². The number of carbonyl (C=O) groups is 1. The van der Waals surface area contributed by atoms with Crippen LogP contribution in [0.15, 0.2) is 0 Å². The molecule has 0 spiro atoms. The van der Waals surface area contributed by atoms with Gasteiger partial charge >= 0.3 is 0 Å². The Hall–Kier alpha value is -0.610. The van der Waals surface area contributed by atoms with Crippen molar-refractivity contribution in [2.24, 2.45) is 0 Å². The molecule has 3 fully saturated rings. The highest BCUT2D eigenvalue weighted by Crippen LogP contribution is 2.33. The van der Waals surface area contributed by atoms with Crippen LogP contribution in [-0.4, -0.2) is 47.6 Å². The number of rotatable bonds is 2. The molecule has 1 amide bonds. The molecule has 1 saturated carbocycles. The molecular formula is C12H21N3O. The van der Waals surface area contributed by atoms with Crippen molar-refractivity contribution in [3.63, 3.8) is 0 Å². The third-order valence-corrected chi connectivity index (χ3v) is 3.93. The summed E-state index contributed by atoms with van der Waals surface area (Å²) in [7, 11) is 0. The molecule has 3 rings (SSSR count). The summed E-state index contributed by atoms with van der Waals surface area (Å²) in [6.45, 7) is 3.22. The first-order chi connectivity index (χ1) is 7.86. The number of hydrogen-bond acceptors (Lipinski definition) is 3. The Bertz CT molecular complexity index is 271. The molecule has 1 N–H and O–H groups in total. The SMILES string of the molecule is O=C1CCCN(C2CC2)N1C1CCNCC1. The lowest BCUT2D eigenvalue weighted by atomic mass is 10.0. The fourth-order valence-electron chi connectivity index (χ4n) is 2.95. The van der Waals surface area contributed by atoms with Crippen LogP contribution in [0.1, 0.15) is 38.5 Å². The summed E-state index contributed by atoms with van der Waals surface area (Å²) in [5, 5.41) is 7.88. The second kappa shape index (κ2) is 4.34. The number of carbonyl (C=O) groups excluding carboxylic acids is 1. The molecular weight excluding hydrogens is 202 g/mol. The summed E-state index contributed by atoms with van der Waals surface area (Å²) in [4.78, 5) is 12.1. The highest BCUT2D eigenvalue weighted by Gasteiger charge is 2.40. The molecule has 0 unspecified atom stereocenters. The van der Waals surface area contributed by atoms with E-state index < -0.39 is 0 Å². The Morgan fingerprint density at radius 2 is 1.81 bits per heavy atom. The van der Waals surface area contributed by atoms with Crippen molar-refractivity contribution in [1.29, 1.82) is 0 Å². The van der Waals surface area contributed by atoms with E-state index in [9.17, 15) is 4.79 Å². The maximum absolute atomic E-state index is 12.1. The third kappa shape index (κ3) is 1.96. The Morgan fingerprint density at radius 1 is 1.06 bits per heavy atom. The van der Waals surface area contributed by atoms with Gasteiger partial charge in [0, 0.05) is 19.0 Å². The molecule has 90 valence electrons. The first-order valence-electron chi connectivity index (χ1n) is 6.65. The van der Waals surface area contributed by atoms with Crippen LogP contribution in [0.25, 0.3) is 0 Å². The number of piperidine rings is 1. The van der Waals surface area contributed by atoms with Gasteiger partial charge < -0.3 is 5.32 Å². The second-order valence-corrected chi connectivity index (χ2v) is 5.22. The van der Waals surface area contributed by atoms with Gasteiger partial charge in [0.1, 0.15) is 0 Å². The fraction of sp³-hybridized carbons (Fsp3) is 0.917. The van der Waals surface area contributed by atoms with Gasteiger partial charge in [0.05, 0.1) is 6.04 Å². The van der Waals surface area contributed by atoms with Crippen molar-refractivity contribution in [1.82, 2.24) is 15.3 Å². The number of nitrogens with one attached hydrogen (secondary N) is 1. The predicted molar refractivity (Wildman–Crippen MR) is 61.7 cm³/mol. The summed E-state index contributed by atoms with van der Waals surface area (Å²) in [6.07, 6.45) is 6.62. The lowest BCUT2D eigenvalue weighted by Crippen LogP contribution is -2.58. The first-order valence-corrected chi connectivity index (χ1v) is 6.65. The van der Waals surface area contributed by atoms with Crippen molar-refractivity contribution < 1.29 is 4.79 Å². The first kappa shape index (κ1) is 10.5. The summed E-state index contributed by atoms with van der Waals surface area (Å²) < 4.78 is 0. The van der Waals surface area contributed by atoms with E-state index in [1.54, 1.807) is 0 Å². The fourth-order valence-corrected chi connectivity index (χ4v) is 2.95. The number of nitrogens with zero attached hydrogens (tertiary/aromatic N) is 2. The Balaban J connectivity index is 1.73. The van der Waals surface area contributed by atoms with Crippen LogP contribution in [0.3, 0.4) is 0 Å². The van der Waals surface area contributed by atoms with Gasteiger partial charge in [0.2, 0.25) is 5.91 Å². The van der Waals surface area contributed by atoms with E-state index in [0.29, 0.717) is 18.0 Å². The number of amides is 1. The molecule has 4 heteroatoms. The average Bonchev–Trinajstić information content (AvgIpc) is 3.14. The topological polar surface area (TPSA) is 35.6 Å². The van der Waals surface area contributed by atoms with Crippen LogP contribution in [0, 0.1) is 0 Å². The Morgan fingerprint density at radius 3 is 2.50 bits per heavy atom. The average molecular weight is 223 g/mol. The molecule has 4 nitrogen and oxygen atoms in total. The molecule has 0 aromatic carbocycles. The van der Waals surface area contributed by atoms with Crippen LogP contribution in [0.5, 0.6) is 0 Å². The molecule has 3 aliphatic rings. The smallest absolute Gasteiger partial charge is 0.237 e. The molecule has 2 saturated heterocycles. The van der Waals surface area contributed by atoms with Crippen LogP contribution in [0.2, 0.25) is 0 Å². The van der Waals surface area contributed by atoms with E-state index in [0.717, 1.165) is 45.3 Å². The van der Waals surface area contributed by atoms with Gasteiger partial charge in [0.25, 0.3) is 0 Å². The zero-order chi connectivity index (χ0) is 11.0. The molecule has 0 aromatic heterocycles. The van der Waals surface area contributed by atoms with E-state index in [1.807, 2.05) is 0 Å². The third-order valence-electron chi connectivity index (χ3n) is 3.93. The van der Waals surface area contributed by atoms with Gasteiger partial charge in [-0.1, -0.05) is 0 Å². The van der Waals surface area contributed by atoms with E-state index in [2.05, 4.69) is 15.3 Å². The maximum atomic E-state index is 12.1. The molecule has 2 heterocycles. The van der Waals surface area contributed by atoms with E-state index in [1.165, 1.54) is 12.8 Å². The van der Waals surface area contributed by atoms with E-state index in [4.69, 9.17) is 0 Å². The monoisotopic (exact) mass is 223 g/mol. The van der Waals surface area contributed by atoms with Crippen LogP contribution in [0.4, 0.5) is 0 Å². The van der Waals surface area contributed by atoms with E-state index >= 15 is 0 Å². The van der Waals surface area contributed by atoms with Gasteiger partial charge in [-0.2, -0.15) is 0 Å². The molecule has 2 aliphatic heterocycles. The standard InChI is InChI=1S/C12H21N3O/c16-12-2-1-9-14(10-3-4-10)15(12)11-5-7-13-8-6-11/h10-11,13H,1-9H2. The molecule has 0 atom stereocenters. The van der Waals surface area contributed by atoms with Gasteiger partial charge in [0.15, 0.2) is 0 Å². The second-order valence-electron chi connectivity index (χ2n) is 5.22. The number of hydrazine groups is 1. The highest BCUT2D eigenvalue weighted by atomic mass is 16.2.